The Balaban J connectivity index is 2.11. The van der Waals surface area contributed by atoms with Crippen molar-refractivity contribution < 1.29 is 13.2 Å². The molecule has 0 spiro atoms. The number of nitrogens with zero attached hydrogens (tertiary/aromatic N) is 2. The summed E-state index contributed by atoms with van der Waals surface area (Å²) in [5.74, 6) is -0.0552. The molecule has 0 bridgehead atoms. The number of benzene rings is 1. The summed E-state index contributed by atoms with van der Waals surface area (Å²) in [6, 6.07) is 7.90. The van der Waals surface area contributed by atoms with Gasteiger partial charge in [0.1, 0.15) is 6.54 Å². The molecule has 1 N–H and O–H groups in total. The lowest BCUT2D eigenvalue weighted by Gasteiger charge is -2.19. The van der Waals surface area contributed by atoms with Gasteiger partial charge in [0, 0.05) is 0 Å². The summed E-state index contributed by atoms with van der Waals surface area (Å²) < 4.78 is 36.5. The van der Waals surface area contributed by atoms with Crippen LogP contribution in [0, 0.1) is 6.92 Å². The van der Waals surface area contributed by atoms with Gasteiger partial charge in [-0.15, -0.1) is 0 Å². The minimum absolute atomic E-state index is 0.0552. The molecule has 1 fully saturated rings. The van der Waals surface area contributed by atoms with Gasteiger partial charge in [-0.3, -0.25) is 0 Å². The molecule has 1 aliphatic rings. The summed E-state index contributed by atoms with van der Waals surface area (Å²) in [5.41, 5.74) is 1.82. The van der Waals surface area contributed by atoms with Gasteiger partial charge in [0.25, 0.3) is 0 Å². The zero-order valence-electron chi connectivity index (χ0n) is 11.2. The van der Waals surface area contributed by atoms with Crippen LogP contribution in [0.2, 0.25) is 0 Å². The Labute approximate surface area is 115 Å². The van der Waals surface area contributed by atoms with Crippen molar-refractivity contribution in [3.8, 4) is 0 Å². The van der Waals surface area contributed by atoms with Gasteiger partial charge in [-0.1, -0.05) is 29.8 Å². The number of rotatable bonds is 3. The fraction of sp³-hybridized carbons (Fsp3) is 0.429. The van der Waals surface area contributed by atoms with Crippen LogP contribution in [0.15, 0.2) is 34.3 Å². The maximum atomic E-state index is 12.2. The van der Waals surface area contributed by atoms with Crippen molar-refractivity contribution in [3.63, 3.8) is 0 Å². The van der Waals surface area contributed by atoms with E-state index in [1.165, 1.54) is 0 Å². The Morgan fingerprint density at radius 3 is 2.35 bits per heavy atom. The molecule has 2 rings (SSSR count). The van der Waals surface area contributed by atoms with Crippen molar-refractivity contribution in [1.82, 2.24) is 5.32 Å². The number of guanidine groups is 1. The lowest BCUT2D eigenvalue weighted by atomic mass is 10.0. The number of aryl methyl sites for hydroxylation is 1. The van der Waals surface area contributed by atoms with Crippen LogP contribution in [-0.2, 0) is 5.54 Å². The second-order valence-electron chi connectivity index (χ2n) is 4.99. The van der Waals surface area contributed by atoms with Gasteiger partial charge in [-0.2, -0.15) is 13.2 Å². The average Bonchev–Trinajstić information content (AvgIpc) is 3.15. The molecule has 0 heterocycles. The SMILES string of the molecule is C=NC(=NCC(F)(F)F)NC1(c2ccc(C)cc2)CC1. The molecule has 1 aromatic rings. The third-order valence-corrected chi connectivity index (χ3v) is 3.26. The number of hydrogen-bond donors (Lipinski definition) is 1. The minimum Gasteiger partial charge on any atom is -0.345 e. The molecule has 0 amide bonds. The van der Waals surface area contributed by atoms with Gasteiger partial charge in [-0.05, 0) is 32.0 Å². The summed E-state index contributed by atoms with van der Waals surface area (Å²) in [7, 11) is 0. The Bertz CT molecular complexity index is 513. The largest absolute Gasteiger partial charge is 0.408 e. The van der Waals surface area contributed by atoms with Gasteiger partial charge >= 0.3 is 6.18 Å². The normalized spacial score (nSPS) is 17.7. The maximum absolute atomic E-state index is 12.2. The molecule has 1 aliphatic carbocycles. The summed E-state index contributed by atoms with van der Waals surface area (Å²) in [5, 5.41) is 2.98. The zero-order valence-corrected chi connectivity index (χ0v) is 11.2. The molecular weight excluding hydrogens is 267 g/mol. The molecule has 1 aromatic carbocycles. The highest BCUT2D eigenvalue weighted by atomic mass is 19.4. The van der Waals surface area contributed by atoms with Gasteiger partial charge in [-0.25, -0.2) is 9.98 Å². The van der Waals surface area contributed by atoms with Crippen LogP contribution in [-0.4, -0.2) is 25.4 Å². The van der Waals surface area contributed by atoms with Crippen molar-refractivity contribution >= 4 is 12.7 Å². The second kappa shape index (κ2) is 5.26. The summed E-state index contributed by atoms with van der Waals surface area (Å²) in [6.07, 6.45) is -2.65. The first-order valence-electron chi connectivity index (χ1n) is 6.28. The van der Waals surface area contributed by atoms with E-state index in [1.807, 2.05) is 31.2 Å². The van der Waals surface area contributed by atoms with Gasteiger partial charge in [0.2, 0.25) is 5.96 Å². The monoisotopic (exact) mass is 283 g/mol. The summed E-state index contributed by atoms with van der Waals surface area (Å²) >= 11 is 0. The smallest absolute Gasteiger partial charge is 0.345 e. The molecule has 0 aromatic heterocycles. The van der Waals surface area contributed by atoms with E-state index in [9.17, 15) is 13.2 Å². The van der Waals surface area contributed by atoms with Crippen LogP contribution in [0.4, 0.5) is 13.2 Å². The molecule has 0 atom stereocenters. The quantitative estimate of drug-likeness (QED) is 0.671. The highest BCUT2D eigenvalue weighted by Gasteiger charge is 2.45. The zero-order chi connectivity index (χ0) is 14.8. The van der Waals surface area contributed by atoms with Gasteiger partial charge < -0.3 is 5.32 Å². The van der Waals surface area contributed by atoms with Crippen LogP contribution < -0.4 is 5.32 Å². The molecule has 6 heteroatoms. The van der Waals surface area contributed by atoms with Crippen LogP contribution in [0.1, 0.15) is 24.0 Å². The maximum Gasteiger partial charge on any atom is 0.408 e. The number of hydrogen-bond acceptors (Lipinski definition) is 1. The molecule has 0 aliphatic heterocycles. The molecule has 20 heavy (non-hydrogen) atoms. The lowest BCUT2D eigenvalue weighted by Crippen LogP contribution is -2.34. The number of halogens is 3. The van der Waals surface area contributed by atoms with Crippen molar-refractivity contribution in [3.05, 3.63) is 35.4 Å². The fourth-order valence-corrected chi connectivity index (χ4v) is 1.99. The third kappa shape index (κ3) is 3.59. The van der Waals surface area contributed by atoms with E-state index in [0.717, 1.165) is 24.0 Å². The van der Waals surface area contributed by atoms with E-state index in [0.29, 0.717) is 0 Å². The summed E-state index contributed by atoms with van der Waals surface area (Å²) in [6.45, 7) is 4.00. The average molecular weight is 283 g/mol. The number of nitrogens with one attached hydrogen (secondary N) is 1. The first kappa shape index (κ1) is 14.6. The Kier molecular flexibility index (Phi) is 3.83. The standard InChI is InChI=1S/C14H16F3N3/c1-10-3-5-11(6-4-10)13(7-8-13)20-12(18-2)19-9-14(15,16)17/h3-6H,2,7-9H2,1H3,(H,19,20). The van der Waals surface area contributed by atoms with Crippen LogP contribution in [0.3, 0.4) is 0 Å². The van der Waals surface area contributed by atoms with E-state index < -0.39 is 12.7 Å². The topological polar surface area (TPSA) is 36.8 Å². The first-order chi connectivity index (χ1) is 9.35. The van der Waals surface area contributed by atoms with Gasteiger partial charge in [0.05, 0.1) is 5.54 Å². The van der Waals surface area contributed by atoms with Crippen LogP contribution in [0.5, 0.6) is 0 Å². The van der Waals surface area contributed by atoms with E-state index in [-0.39, 0.29) is 11.5 Å². The third-order valence-electron chi connectivity index (χ3n) is 3.26. The second-order valence-corrected chi connectivity index (χ2v) is 4.99. The Morgan fingerprint density at radius 2 is 1.90 bits per heavy atom. The van der Waals surface area contributed by atoms with E-state index >= 15 is 0 Å². The molecule has 108 valence electrons. The van der Waals surface area contributed by atoms with Crippen molar-refractivity contribution in [2.75, 3.05) is 6.54 Å². The Hall–Kier alpha value is -1.85. The van der Waals surface area contributed by atoms with Gasteiger partial charge in [0.15, 0.2) is 0 Å². The van der Waals surface area contributed by atoms with Crippen molar-refractivity contribution in [1.29, 1.82) is 0 Å². The summed E-state index contributed by atoms with van der Waals surface area (Å²) in [4.78, 5) is 6.98. The first-order valence-corrected chi connectivity index (χ1v) is 6.28. The fourth-order valence-electron chi connectivity index (χ4n) is 1.99. The van der Waals surface area contributed by atoms with E-state index in [4.69, 9.17) is 0 Å². The number of aliphatic imine (C=N–C) groups is 2. The highest BCUT2D eigenvalue weighted by Crippen LogP contribution is 2.45. The lowest BCUT2D eigenvalue weighted by molar-refractivity contribution is -0.118. The predicted octanol–water partition coefficient (Wildman–Crippen LogP) is 3.19. The predicted molar refractivity (Wildman–Crippen MR) is 73.1 cm³/mol. The number of alkyl halides is 3. The highest BCUT2D eigenvalue weighted by molar-refractivity contribution is 5.85. The molecule has 3 nitrogen and oxygen atoms in total. The van der Waals surface area contributed by atoms with E-state index in [2.05, 4.69) is 22.0 Å². The molecule has 0 saturated heterocycles. The van der Waals surface area contributed by atoms with Crippen LogP contribution in [0.25, 0.3) is 0 Å². The van der Waals surface area contributed by atoms with E-state index in [1.54, 1.807) is 0 Å². The molecule has 0 unspecified atom stereocenters. The van der Waals surface area contributed by atoms with Crippen molar-refractivity contribution in [2.24, 2.45) is 9.98 Å². The Morgan fingerprint density at radius 1 is 1.30 bits per heavy atom. The molecule has 1 saturated carbocycles. The molecule has 0 radical (unpaired) electrons. The molecular formula is C14H16F3N3. The van der Waals surface area contributed by atoms with Crippen LogP contribution >= 0.6 is 0 Å². The minimum atomic E-state index is -4.34. The van der Waals surface area contributed by atoms with Crippen molar-refractivity contribution in [2.45, 2.75) is 31.5 Å².